The molecule has 0 spiro atoms. The molecule has 132 valence electrons. The molecule has 0 saturated heterocycles. The number of aryl methyl sites for hydroxylation is 1. The van der Waals surface area contributed by atoms with Crippen LogP contribution in [0.15, 0.2) is 72.8 Å². The van der Waals surface area contributed by atoms with Gasteiger partial charge in [0, 0.05) is 6.42 Å². The van der Waals surface area contributed by atoms with Crippen molar-refractivity contribution in [2.24, 2.45) is 0 Å². The maximum atomic E-state index is 11.7. The molecule has 3 rings (SSSR count). The van der Waals surface area contributed by atoms with Crippen molar-refractivity contribution in [1.82, 2.24) is 0 Å². The van der Waals surface area contributed by atoms with E-state index in [1.54, 1.807) is 0 Å². The van der Waals surface area contributed by atoms with E-state index in [4.69, 9.17) is 4.74 Å². The molecule has 0 bridgehead atoms. The monoisotopic (exact) mass is 346 g/mol. The highest BCUT2D eigenvalue weighted by molar-refractivity contribution is 5.73. The Labute approximate surface area is 153 Å². The average molecular weight is 346 g/mol. The minimum absolute atomic E-state index is 0.337. The fourth-order valence-electron chi connectivity index (χ4n) is 2.93. The van der Waals surface area contributed by atoms with E-state index in [-0.39, 0.29) is 0 Å². The number of carboxylic acids is 1. The second-order valence-electron chi connectivity index (χ2n) is 6.40. The van der Waals surface area contributed by atoms with E-state index in [1.807, 2.05) is 86.6 Å². The molecule has 3 aromatic carbocycles. The van der Waals surface area contributed by atoms with E-state index in [2.05, 4.69) is 0 Å². The molecule has 0 radical (unpaired) electrons. The average Bonchev–Trinajstić information content (AvgIpc) is 2.66. The van der Waals surface area contributed by atoms with Gasteiger partial charge in [0.1, 0.15) is 5.75 Å². The largest absolute Gasteiger partial charge is 0.478 e. The second kappa shape index (κ2) is 7.87. The first-order valence-electron chi connectivity index (χ1n) is 8.64. The first kappa shape index (κ1) is 17.7. The SMILES string of the molecule is Cc1cccc(C[C@H](Oc2ccc(-c3ccccc3)cc2)C(=O)O)c1C. The van der Waals surface area contributed by atoms with Gasteiger partial charge in [-0.3, -0.25) is 0 Å². The fourth-order valence-corrected chi connectivity index (χ4v) is 2.93. The van der Waals surface area contributed by atoms with Crippen LogP contribution in [0.25, 0.3) is 11.1 Å². The van der Waals surface area contributed by atoms with Gasteiger partial charge in [0.15, 0.2) is 6.10 Å². The Morgan fingerprint density at radius 3 is 2.19 bits per heavy atom. The van der Waals surface area contributed by atoms with Gasteiger partial charge in [0.05, 0.1) is 0 Å². The zero-order valence-corrected chi connectivity index (χ0v) is 15.0. The molecule has 0 heterocycles. The van der Waals surface area contributed by atoms with Gasteiger partial charge in [-0.15, -0.1) is 0 Å². The van der Waals surface area contributed by atoms with E-state index in [0.29, 0.717) is 12.2 Å². The van der Waals surface area contributed by atoms with Crippen LogP contribution in [0.5, 0.6) is 5.75 Å². The number of aliphatic carboxylic acids is 1. The summed E-state index contributed by atoms with van der Waals surface area (Å²) in [5, 5.41) is 9.56. The summed E-state index contributed by atoms with van der Waals surface area (Å²) in [5.74, 6) is -0.402. The first-order valence-corrected chi connectivity index (χ1v) is 8.64. The lowest BCUT2D eigenvalue weighted by Gasteiger charge is -2.17. The number of carboxylic acid groups (broad SMARTS) is 1. The predicted octanol–water partition coefficient (Wildman–Crippen LogP) is 5.05. The molecular formula is C23H22O3. The van der Waals surface area contributed by atoms with Crippen molar-refractivity contribution >= 4 is 5.97 Å². The van der Waals surface area contributed by atoms with Gasteiger partial charge in [0.25, 0.3) is 0 Å². The normalized spacial score (nSPS) is 11.8. The second-order valence-corrected chi connectivity index (χ2v) is 6.40. The topological polar surface area (TPSA) is 46.5 Å². The van der Waals surface area contributed by atoms with Crippen molar-refractivity contribution < 1.29 is 14.6 Å². The zero-order valence-electron chi connectivity index (χ0n) is 15.0. The summed E-state index contributed by atoms with van der Waals surface area (Å²) in [6, 6.07) is 23.5. The van der Waals surface area contributed by atoms with Gasteiger partial charge in [-0.25, -0.2) is 4.79 Å². The molecule has 0 unspecified atom stereocenters. The minimum Gasteiger partial charge on any atom is -0.478 e. The molecule has 3 aromatic rings. The predicted molar refractivity (Wildman–Crippen MR) is 104 cm³/mol. The molecule has 1 atom stereocenters. The highest BCUT2D eigenvalue weighted by Crippen LogP contribution is 2.24. The molecule has 0 saturated carbocycles. The van der Waals surface area contributed by atoms with Crippen LogP contribution in [0.2, 0.25) is 0 Å². The van der Waals surface area contributed by atoms with Crippen LogP contribution < -0.4 is 4.74 Å². The number of hydrogen-bond donors (Lipinski definition) is 1. The summed E-state index contributed by atoms with van der Waals surface area (Å²) >= 11 is 0. The van der Waals surface area contributed by atoms with Crippen LogP contribution in [0.4, 0.5) is 0 Å². The van der Waals surface area contributed by atoms with Crippen LogP contribution in [0, 0.1) is 13.8 Å². The summed E-state index contributed by atoms with van der Waals surface area (Å²) in [4.78, 5) is 11.7. The third-order valence-electron chi connectivity index (χ3n) is 4.64. The fraction of sp³-hybridized carbons (Fsp3) is 0.174. The molecule has 0 aliphatic carbocycles. The van der Waals surface area contributed by atoms with Crippen molar-refractivity contribution in [2.75, 3.05) is 0 Å². The Morgan fingerprint density at radius 1 is 0.885 bits per heavy atom. The standard InChI is InChI=1S/C23H22O3/c1-16-7-6-10-20(17(16)2)15-22(23(24)25)26-21-13-11-19(12-14-21)18-8-4-3-5-9-18/h3-14,22H,15H2,1-2H3,(H,24,25)/t22-/m0/s1. The van der Waals surface area contributed by atoms with Crippen LogP contribution >= 0.6 is 0 Å². The lowest BCUT2D eigenvalue weighted by molar-refractivity contribution is -0.145. The molecule has 0 amide bonds. The maximum Gasteiger partial charge on any atom is 0.345 e. The lowest BCUT2D eigenvalue weighted by atomic mass is 9.98. The lowest BCUT2D eigenvalue weighted by Crippen LogP contribution is -2.29. The van der Waals surface area contributed by atoms with Gasteiger partial charge in [-0.1, -0.05) is 60.7 Å². The van der Waals surface area contributed by atoms with Crippen molar-refractivity contribution in [1.29, 1.82) is 0 Å². The summed E-state index contributed by atoms with van der Waals surface area (Å²) in [5.41, 5.74) is 5.45. The molecule has 0 aliphatic rings. The van der Waals surface area contributed by atoms with E-state index >= 15 is 0 Å². The first-order chi connectivity index (χ1) is 12.5. The molecule has 1 N–H and O–H groups in total. The quantitative estimate of drug-likeness (QED) is 0.680. The van der Waals surface area contributed by atoms with Crippen molar-refractivity contribution in [3.63, 3.8) is 0 Å². The number of hydrogen-bond acceptors (Lipinski definition) is 2. The van der Waals surface area contributed by atoms with Crippen LogP contribution in [0.1, 0.15) is 16.7 Å². The van der Waals surface area contributed by atoms with Crippen LogP contribution in [-0.2, 0) is 11.2 Å². The van der Waals surface area contributed by atoms with Gasteiger partial charge < -0.3 is 9.84 Å². The molecule has 0 aromatic heterocycles. The summed E-state index contributed by atoms with van der Waals surface area (Å²) < 4.78 is 5.77. The van der Waals surface area contributed by atoms with Crippen LogP contribution in [-0.4, -0.2) is 17.2 Å². The highest BCUT2D eigenvalue weighted by Gasteiger charge is 2.21. The Hall–Kier alpha value is -3.07. The smallest absolute Gasteiger partial charge is 0.345 e. The van der Waals surface area contributed by atoms with E-state index in [9.17, 15) is 9.90 Å². The van der Waals surface area contributed by atoms with E-state index in [0.717, 1.165) is 27.8 Å². The van der Waals surface area contributed by atoms with Gasteiger partial charge in [-0.2, -0.15) is 0 Å². The summed E-state index contributed by atoms with van der Waals surface area (Å²) in [6.07, 6.45) is -0.582. The maximum absolute atomic E-state index is 11.7. The van der Waals surface area contributed by atoms with E-state index in [1.165, 1.54) is 0 Å². The molecule has 0 aliphatic heterocycles. The summed E-state index contributed by atoms with van der Waals surface area (Å²) in [6.45, 7) is 4.04. The van der Waals surface area contributed by atoms with Gasteiger partial charge in [0.2, 0.25) is 0 Å². The zero-order chi connectivity index (χ0) is 18.5. The minimum atomic E-state index is -0.960. The molecule has 0 fully saturated rings. The highest BCUT2D eigenvalue weighted by atomic mass is 16.5. The number of rotatable bonds is 6. The third-order valence-corrected chi connectivity index (χ3v) is 4.64. The van der Waals surface area contributed by atoms with Gasteiger partial charge >= 0.3 is 5.97 Å². The number of carbonyl (C=O) groups is 1. The third kappa shape index (κ3) is 4.12. The van der Waals surface area contributed by atoms with Gasteiger partial charge in [-0.05, 0) is 53.8 Å². The number of benzene rings is 3. The molecule has 3 nitrogen and oxygen atoms in total. The van der Waals surface area contributed by atoms with Crippen molar-refractivity contribution in [3.8, 4) is 16.9 Å². The number of ether oxygens (including phenoxy) is 1. The molecular weight excluding hydrogens is 324 g/mol. The Balaban J connectivity index is 1.76. The summed E-state index contributed by atoms with van der Waals surface area (Å²) in [7, 11) is 0. The van der Waals surface area contributed by atoms with E-state index < -0.39 is 12.1 Å². The molecule has 3 heteroatoms. The molecule has 26 heavy (non-hydrogen) atoms. The Bertz CT molecular complexity index is 883. The Morgan fingerprint density at radius 2 is 1.54 bits per heavy atom. The van der Waals surface area contributed by atoms with Crippen LogP contribution in [0.3, 0.4) is 0 Å². The van der Waals surface area contributed by atoms with Crippen molar-refractivity contribution in [2.45, 2.75) is 26.4 Å². The van der Waals surface area contributed by atoms with Crippen molar-refractivity contribution in [3.05, 3.63) is 89.5 Å². The Kier molecular flexibility index (Phi) is 5.37.